The fourth-order valence-electron chi connectivity index (χ4n) is 2.24. The number of fused-ring (bicyclic) bond motifs is 1. The molecule has 0 saturated carbocycles. The predicted octanol–water partition coefficient (Wildman–Crippen LogP) is 1.87. The van der Waals surface area contributed by atoms with Crippen LogP contribution in [0.4, 0.5) is 0 Å². The van der Waals surface area contributed by atoms with E-state index in [-0.39, 0.29) is 0 Å². The van der Waals surface area contributed by atoms with Crippen molar-refractivity contribution in [2.45, 2.75) is 20.4 Å². The van der Waals surface area contributed by atoms with Crippen molar-refractivity contribution in [3.05, 3.63) is 47.4 Å². The maximum absolute atomic E-state index is 5.73. The number of imidazole rings is 1. The Hall–Kier alpha value is -2.27. The minimum Gasteiger partial charge on any atom is -0.326 e. The van der Waals surface area contributed by atoms with Crippen LogP contribution in [0.15, 0.2) is 30.5 Å². The molecule has 96 valence electrons. The lowest BCUT2D eigenvalue weighted by molar-refractivity contribution is 0.918. The Labute approximate surface area is 111 Å². The maximum Gasteiger partial charge on any atom is 0.137 e. The number of aryl methyl sites for hydroxylation is 2. The molecule has 0 atom stereocenters. The molecule has 0 unspecified atom stereocenters. The standard InChI is InChI=1S/C14H15N5/c1-9-11(8-15)7-12(18-17-9)14-10(2)16-13-5-3-4-6-19(13)14/h3-7H,8,15H2,1-2H3. The molecule has 0 amide bonds. The Morgan fingerprint density at radius 3 is 2.79 bits per heavy atom. The average Bonchev–Trinajstić information content (AvgIpc) is 2.75. The topological polar surface area (TPSA) is 69.1 Å². The molecule has 0 fully saturated rings. The van der Waals surface area contributed by atoms with Gasteiger partial charge in [-0.05, 0) is 37.6 Å². The Morgan fingerprint density at radius 2 is 2.00 bits per heavy atom. The Morgan fingerprint density at radius 1 is 1.16 bits per heavy atom. The van der Waals surface area contributed by atoms with Gasteiger partial charge in [-0.15, -0.1) is 5.10 Å². The highest BCUT2D eigenvalue weighted by atomic mass is 15.1. The Kier molecular flexibility index (Phi) is 2.76. The van der Waals surface area contributed by atoms with Crippen molar-refractivity contribution in [3.63, 3.8) is 0 Å². The lowest BCUT2D eigenvalue weighted by Crippen LogP contribution is -2.04. The van der Waals surface area contributed by atoms with Gasteiger partial charge >= 0.3 is 0 Å². The normalized spacial score (nSPS) is 11.1. The molecule has 0 bridgehead atoms. The zero-order valence-corrected chi connectivity index (χ0v) is 11.0. The number of aromatic nitrogens is 4. The van der Waals surface area contributed by atoms with E-state index in [2.05, 4.69) is 15.2 Å². The van der Waals surface area contributed by atoms with Crippen molar-refractivity contribution in [3.8, 4) is 11.4 Å². The monoisotopic (exact) mass is 253 g/mol. The van der Waals surface area contributed by atoms with Gasteiger partial charge in [-0.3, -0.25) is 4.40 Å². The molecule has 0 radical (unpaired) electrons. The smallest absolute Gasteiger partial charge is 0.137 e. The van der Waals surface area contributed by atoms with Crippen molar-refractivity contribution in [1.29, 1.82) is 0 Å². The third-order valence-corrected chi connectivity index (χ3v) is 3.25. The molecule has 0 aliphatic carbocycles. The highest BCUT2D eigenvalue weighted by molar-refractivity contribution is 5.64. The molecule has 5 heteroatoms. The zero-order valence-electron chi connectivity index (χ0n) is 11.0. The second-order valence-electron chi connectivity index (χ2n) is 4.52. The summed E-state index contributed by atoms with van der Waals surface area (Å²) in [6.07, 6.45) is 1.98. The molecule has 3 heterocycles. The fraction of sp³-hybridized carbons (Fsp3) is 0.214. The van der Waals surface area contributed by atoms with Gasteiger partial charge in [-0.25, -0.2) is 4.98 Å². The van der Waals surface area contributed by atoms with Crippen molar-refractivity contribution in [2.75, 3.05) is 0 Å². The van der Waals surface area contributed by atoms with E-state index in [0.717, 1.165) is 34.0 Å². The van der Waals surface area contributed by atoms with E-state index in [1.807, 2.05) is 48.7 Å². The quantitative estimate of drug-likeness (QED) is 0.757. The Bertz CT molecular complexity index is 745. The van der Waals surface area contributed by atoms with Gasteiger partial charge in [0.2, 0.25) is 0 Å². The van der Waals surface area contributed by atoms with Crippen LogP contribution in [0.2, 0.25) is 0 Å². The van der Waals surface area contributed by atoms with Crippen LogP contribution >= 0.6 is 0 Å². The van der Waals surface area contributed by atoms with Crippen LogP contribution < -0.4 is 5.73 Å². The predicted molar refractivity (Wildman–Crippen MR) is 73.6 cm³/mol. The van der Waals surface area contributed by atoms with E-state index < -0.39 is 0 Å². The van der Waals surface area contributed by atoms with Gasteiger partial charge < -0.3 is 5.73 Å². The highest BCUT2D eigenvalue weighted by Crippen LogP contribution is 2.23. The van der Waals surface area contributed by atoms with Crippen LogP contribution in [0.25, 0.3) is 17.0 Å². The van der Waals surface area contributed by atoms with Crippen LogP contribution in [0, 0.1) is 13.8 Å². The second kappa shape index (κ2) is 4.44. The second-order valence-corrected chi connectivity index (χ2v) is 4.52. The molecular weight excluding hydrogens is 238 g/mol. The SMILES string of the molecule is Cc1nnc(-c2c(C)nc3ccccn23)cc1CN. The zero-order chi connectivity index (χ0) is 13.4. The van der Waals surface area contributed by atoms with E-state index in [9.17, 15) is 0 Å². The number of nitrogens with two attached hydrogens (primary N) is 1. The first-order chi connectivity index (χ1) is 9.20. The first-order valence-electron chi connectivity index (χ1n) is 6.18. The van der Waals surface area contributed by atoms with Crippen LogP contribution in [-0.4, -0.2) is 19.6 Å². The van der Waals surface area contributed by atoms with Crippen LogP contribution in [0.3, 0.4) is 0 Å². The van der Waals surface area contributed by atoms with Gasteiger partial charge in [0.15, 0.2) is 0 Å². The summed E-state index contributed by atoms with van der Waals surface area (Å²) >= 11 is 0. The number of nitrogens with zero attached hydrogens (tertiary/aromatic N) is 4. The number of rotatable bonds is 2. The summed E-state index contributed by atoms with van der Waals surface area (Å²) in [5, 5.41) is 8.46. The van der Waals surface area contributed by atoms with Gasteiger partial charge in [-0.1, -0.05) is 6.07 Å². The van der Waals surface area contributed by atoms with Gasteiger partial charge in [0.1, 0.15) is 11.3 Å². The van der Waals surface area contributed by atoms with E-state index in [4.69, 9.17) is 5.73 Å². The summed E-state index contributed by atoms with van der Waals surface area (Å²) in [5.74, 6) is 0. The lowest BCUT2D eigenvalue weighted by Gasteiger charge is -2.05. The lowest BCUT2D eigenvalue weighted by atomic mass is 10.1. The summed E-state index contributed by atoms with van der Waals surface area (Å²) in [4.78, 5) is 4.53. The number of hydrogen-bond acceptors (Lipinski definition) is 4. The summed E-state index contributed by atoms with van der Waals surface area (Å²) in [5.41, 5.74) is 11.2. The molecule has 0 saturated heterocycles. The average molecular weight is 253 g/mol. The van der Waals surface area contributed by atoms with Crippen molar-refractivity contribution in [1.82, 2.24) is 19.6 Å². The highest BCUT2D eigenvalue weighted by Gasteiger charge is 2.13. The first-order valence-corrected chi connectivity index (χ1v) is 6.18. The van der Waals surface area contributed by atoms with E-state index in [0.29, 0.717) is 6.54 Å². The summed E-state index contributed by atoms with van der Waals surface area (Å²) in [6, 6.07) is 7.91. The molecule has 3 rings (SSSR count). The molecule has 0 aliphatic rings. The van der Waals surface area contributed by atoms with Gasteiger partial charge in [-0.2, -0.15) is 5.10 Å². The summed E-state index contributed by atoms with van der Waals surface area (Å²) < 4.78 is 2.02. The molecule has 2 N–H and O–H groups in total. The number of pyridine rings is 1. The molecular formula is C14H15N5. The molecule has 5 nitrogen and oxygen atoms in total. The van der Waals surface area contributed by atoms with Crippen LogP contribution in [-0.2, 0) is 6.54 Å². The van der Waals surface area contributed by atoms with E-state index in [1.54, 1.807) is 0 Å². The van der Waals surface area contributed by atoms with Crippen molar-refractivity contribution in [2.24, 2.45) is 5.73 Å². The van der Waals surface area contributed by atoms with E-state index in [1.165, 1.54) is 0 Å². The summed E-state index contributed by atoms with van der Waals surface area (Å²) in [7, 11) is 0. The molecule has 0 aromatic carbocycles. The minimum atomic E-state index is 0.462. The third kappa shape index (κ3) is 1.88. The molecule has 3 aromatic rings. The maximum atomic E-state index is 5.73. The van der Waals surface area contributed by atoms with Crippen LogP contribution in [0.1, 0.15) is 17.0 Å². The molecule has 0 spiro atoms. The van der Waals surface area contributed by atoms with E-state index >= 15 is 0 Å². The fourth-order valence-corrected chi connectivity index (χ4v) is 2.24. The first kappa shape index (κ1) is 11.8. The molecule has 19 heavy (non-hydrogen) atoms. The molecule has 0 aliphatic heterocycles. The van der Waals surface area contributed by atoms with Crippen molar-refractivity contribution < 1.29 is 0 Å². The largest absolute Gasteiger partial charge is 0.326 e. The number of hydrogen-bond donors (Lipinski definition) is 1. The summed E-state index contributed by atoms with van der Waals surface area (Å²) in [6.45, 7) is 4.36. The van der Waals surface area contributed by atoms with Gasteiger partial charge in [0, 0.05) is 12.7 Å². The van der Waals surface area contributed by atoms with Gasteiger partial charge in [0.25, 0.3) is 0 Å². The van der Waals surface area contributed by atoms with Crippen molar-refractivity contribution >= 4 is 5.65 Å². The van der Waals surface area contributed by atoms with Crippen LogP contribution in [0.5, 0.6) is 0 Å². The Balaban J connectivity index is 2.27. The molecule has 3 aromatic heterocycles. The third-order valence-electron chi connectivity index (χ3n) is 3.25. The minimum absolute atomic E-state index is 0.462. The van der Waals surface area contributed by atoms with Gasteiger partial charge in [0.05, 0.1) is 17.1 Å².